The Morgan fingerprint density at radius 3 is 3.05 bits per heavy atom. The van der Waals surface area contributed by atoms with Crippen LogP contribution in [0.4, 0.5) is 5.69 Å². The van der Waals surface area contributed by atoms with Crippen molar-refractivity contribution in [1.29, 1.82) is 0 Å². The molecule has 0 aliphatic heterocycles. The van der Waals surface area contributed by atoms with Crippen molar-refractivity contribution in [1.82, 2.24) is 9.88 Å². The van der Waals surface area contributed by atoms with E-state index >= 15 is 0 Å². The van der Waals surface area contributed by atoms with Gasteiger partial charge in [0, 0.05) is 25.1 Å². The summed E-state index contributed by atoms with van der Waals surface area (Å²) in [7, 11) is 1.65. The van der Waals surface area contributed by atoms with E-state index in [1.165, 1.54) is 22.9 Å². The molecule has 0 saturated heterocycles. The number of amides is 1. The van der Waals surface area contributed by atoms with E-state index in [4.69, 9.17) is 10.5 Å². The third-order valence-electron chi connectivity index (χ3n) is 3.42. The van der Waals surface area contributed by atoms with Crippen LogP contribution in [0.2, 0.25) is 0 Å². The van der Waals surface area contributed by atoms with Crippen LogP contribution in [0.15, 0.2) is 23.1 Å². The maximum Gasteiger partial charge on any atom is 0.251 e. The number of carbonyl (C=O) groups excluding carboxylic acids is 1. The molecule has 19 heavy (non-hydrogen) atoms. The van der Waals surface area contributed by atoms with Crippen molar-refractivity contribution in [2.75, 3.05) is 12.8 Å². The van der Waals surface area contributed by atoms with Crippen LogP contribution in [-0.2, 0) is 16.1 Å². The highest BCUT2D eigenvalue weighted by Crippen LogP contribution is 2.21. The monoisotopic (exact) mass is 265 g/mol. The normalized spacial score (nSPS) is 22.4. The zero-order chi connectivity index (χ0) is 13.8. The zero-order valence-corrected chi connectivity index (χ0v) is 11.0. The Morgan fingerprint density at radius 1 is 1.53 bits per heavy atom. The number of nitrogen functional groups attached to an aromatic ring is 1. The minimum absolute atomic E-state index is 0.0171. The molecule has 0 aromatic carbocycles. The van der Waals surface area contributed by atoms with Gasteiger partial charge >= 0.3 is 0 Å². The number of aromatic nitrogens is 1. The van der Waals surface area contributed by atoms with Crippen LogP contribution >= 0.6 is 0 Å². The van der Waals surface area contributed by atoms with E-state index < -0.39 is 0 Å². The van der Waals surface area contributed by atoms with E-state index in [1.807, 2.05) is 0 Å². The van der Waals surface area contributed by atoms with Crippen molar-refractivity contribution < 1.29 is 9.53 Å². The van der Waals surface area contributed by atoms with Gasteiger partial charge in [0.2, 0.25) is 5.91 Å². The number of hydrogen-bond acceptors (Lipinski definition) is 4. The van der Waals surface area contributed by atoms with E-state index in [0.29, 0.717) is 5.69 Å². The SMILES string of the molecule is COC1CCCC1NC(=O)Cn1cc(N)ccc1=O. The average Bonchev–Trinajstić information content (AvgIpc) is 2.81. The molecule has 2 atom stereocenters. The summed E-state index contributed by atoms with van der Waals surface area (Å²) >= 11 is 0. The molecule has 1 aromatic heterocycles. The average molecular weight is 265 g/mol. The maximum absolute atomic E-state index is 11.9. The van der Waals surface area contributed by atoms with Gasteiger partial charge in [-0.15, -0.1) is 0 Å². The molecule has 0 radical (unpaired) electrons. The van der Waals surface area contributed by atoms with E-state index in [0.717, 1.165) is 19.3 Å². The summed E-state index contributed by atoms with van der Waals surface area (Å²) in [5.74, 6) is -0.193. The van der Waals surface area contributed by atoms with Crippen molar-refractivity contribution in [2.45, 2.75) is 38.0 Å². The third-order valence-corrected chi connectivity index (χ3v) is 3.42. The van der Waals surface area contributed by atoms with Crippen LogP contribution in [-0.4, -0.2) is 29.7 Å². The molecular weight excluding hydrogens is 246 g/mol. The highest BCUT2D eigenvalue weighted by Gasteiger charge is 2.28. The second-order valence-corrected chi connectivity index (χ2v) is 4.81. The largest absolute Gasteiger partial charge is 0.398 e. The summed E-state index contributed by atoms with van der Waals surface area (Å²) in [5, 5.41) is 2.91. The van der Waals surface area contributed by atoms with Gasteiger partial charge in [0.25, 0.3) is 5.56 Å². The number of nitrogens with two attached hydrogens (primary N) is 1. The molecule has 1 aliphatic carbocycles. The maximum atomic E-state index is 11.9. The van der Waals surface area contributed by atoms with Crippen LogP contribution in [0.25, 0.3) is 0 Å². The summed E-state index contributed by atoms with van der Waals surface area (Å²) in [6.07, 6.45) is 4.46. The molecule has 3 N–H and O–H groups in total. The van der Waals surface area contributed by atoms with Crippen LogP contribution in [0.5, 0.6) is 0 Å². The number of pyridine rings is 1. The summed E-state index contributed by atoms with van der Waals surface area (Å²) in [5.41, 5.74) is 5.82. The molecule has 2 rings (SSSR count). The lowest BCUT2D eigenvalue weighted by molar-refractivity contribution is -0.123. The number of nitrogens with one attached hydrogen (secondary N) is 1. The fourth-order valence-electron chi connectivity index (χ4n) is 2.45. The molecule has 1 fully saturated rings. The smallest absolute Gasteiger partial charge is 0.251 e. The van der Waals surface area contributed by atoms with Gasteiger partial charge in [0.15, 0.2) is 0 Å². The van der Waals surface area contributed by atoms with Crippen LogP contribution < -0.4 is 16.6 Å². The molecule has 1 aliphatic rings. The van der Waals surface area contributed by atoms with Gasteiger partial charge in [0.05, 0.1) is 12.1 Å². The first-order valence-corrected chi connectivity index (χ1v) is 6.38. The highest BCUT2D eigenvalue weighted by atomic mass is 16.5. The molecule has 6 nitrogen and oxygen atoms in total. The quantitative estimate of drug-likeness (QED) is 0.809. The molecule has 2 unspecified atom stereocenters. The predicted octanol–water partition coefficient (Wildman–Crippen LogP) is 0.114. The number of rotatable bonds is 4. The van der Waals surface area contributed by atoms with Crippen LogP contribution in [0, 0.1) is 0 Å². The zero-order valence-electron chi connectivity index (χ0n) is 11.0. The second kappa shape index (κ2) is 5.88. The van der Waals surface area contributed by atoms with Gasteiger partial charge in [-0.2, -0.15) is 0 Å². The first-order chi connectivity index (χ1) is 9.10. The Morgan fingerprint density at radius 2 is 2.32 bits per heavy atom. The first-order valence-electron chi connectivity index (χ1n) is 6.38. The molecule has 6 heteroatoms. The summed E-state index contributed by atoms with van der Waals surface area (Å²) in [6.45, 7) is -0.0171. The lowest BCUT2D eigenvalue weighted by Gasteiger charge is -2.19. The molecule has 0 spiro atoms. The van der Waals surface area contributed by atoms with Crippen molar-refractivity contribution >= 4 is 11.6 Å². The van der Waals surface area contributed by atoms with Gasteiger partial charge in [-0.3, -0.25) is 9.59 Å². The summed E-state index contributed by atoms with van der Waals surface area (Å²) < 4.78 is 6.62. The third kappa shape index (κ3) is 3.35. The minimum atomic E-state index is -0.237. The van der Waals surface area contributed by atoms with Gasteiger partial charge < -0.3 is 20.4 Å². The molecule has 1 saturated carbocycles. The Labute approximate surface area is 111 Å². The molecule has 1 heterocycles. The second-order valence-electron chi connectivity index (χ2n) is 4.81. The van der Waals surface area contributed by atoms with Gasteiger partial charge in [-0.1, -0.05) is 0 Å². The molecule has 0 bridgehead atoms. The fraction of sp³-hybridized carbons (Fsp3) is 0.538. The number of methoxy groups -OCH3 is 1. The Bertz CT molecular complexity index is 512. The van der Waals surface area contributed by atoms with Crippen LogP contribution in [0.1, 0.15) is 19.3 Å². The van der Waals surface area contributed by atoms with Crippen molar-refractivity contribution in [3.63, 3.8) is 0 Å². The topological polar surface area (TPSA) is 86.3 Å². The van der Waals surface area contributed by atoms with E-state index in [1.54, 1.807) is 7.11 Å². The van der Waals surface area contributed by atoms with Crippen LogP contribution in [0.3, 0.4) is 0 Å². The molecular formula is C13H19N3O3. The summed E-state index contributed by atoms with van der Waals surface area (Å²) in [6, 6.07) is 2.92. The molecule has 1 amide bonds. The fourth-order valence-corrected chi connectivity index (χ4v) is 2.45. The molecule has 104 valence electrons. The Balaban J connectivity index is 1.97. The van der Waals surface area contributed by atoms with Gasteiger partial charge in [0.1, 0.15) is 6.54 Å². The minimum Gasteiger partial charge on any atom is -0.398 e. The standard InChI is InChI=1S/C13H19N3O3/c1-19-11-4-2-3-10(11)15-12(17)8-16-7-9(14)5-6-13(16)18/h5-7,10-11H,2-4,8,14H2,1H3,(H,15,17). The number of ether oxygens (including phenoxy) is 1. The van der Waals surface area contributed by atoms with Gasteiger partial charge in [-0.25, -0.2) is 0 Å². The lowest BCUT2D eigenvalue weighted by Crippen LogP contribution is -2.43. The van der Waals surface area contributed by atoms with Crippen molar-refractivity contribution in [3.05, 3.63) is 28.7 Å². The van der Waals surface area contributed by atoms with E-state index in [-0.39, 0.29) is 30.2 Å². The van der Waals surface area contributed by atoms with Crippen molar-refractivity contribution in [3.8, 4) is 0 Å². The Hall–Kier alpha value is -1.82. The van der Waals surface area contributed by atoms with E-state index in [9.17, 15) is 9.59 Å². The number of nitrogens with zero attached hydrogens (tertiary/aromatic N) is 1. The molecule has 1 aromatic rings. The highest BCUT2D eigenvalue weighted by molar-refractivity contribution is 5.76. The number of anilines is 1. The van der Waals surface area contributed by atoms with Gasteiger partial charge in [-0.05, 0) is 25.3 Å². The number of hydrogen-bond donors (Lipinski definition) is 2. The number of carbonyl (C=O) groups is 1. The Kier molecular flexibility index (Phi) is 4.21. The van der Waals surface area contributed by atoms with Crippen molar-refractivity contribution in [2.24, 2.45) is 0 Å². The lowest BCUT2D eigenvalue weighted by atomic mass is 10.2. The first kappa shape index (κ1) is 13.6. The van der Waals surface area contributed by atoms with E-state index in [2.05, 4.69) is 5.32 Å². The predicted molar refractivity (Wildman–Crippen MR) is 71.7 cm³/mol. The summed E-state index contributed by atoms with van der Waals surface area (Å²) in [4.78, 5) is 23.5.